The maximum absolute atomic E-state index is 12.7. The first-order valence-corrected chi connectivity index (χ1v) is 7.92. The zero-order valence-electron chi connectivity index (χ0n) is 12.2. The SMILES string of the molecule is O=C(c1ccc2cc[nH]c2c1)N1CCN2CCCCC2C1. The van der Waals surface area contributed by atoms with Gasteiger partial charge in [0, 0.05) is 43.0 Å². The molecule has 0 radical (unpaired) electrons. The molecule has 2 aromatic rings. The van der Waals surface area contributed by atoms with E-state index in [1.165, 1.54) is 25.8 Å². The van der Waals surface area contributed by atoms with Crippen LogP contribution in [0.5, 0.6) is 0 Å². The van der Waals surface area contributed by atoms with Gasteiger partial charge in [-0.1, -0.05) is 12.5 Å². The number of amides is 1. The molecule has 4 heteroatoms. The van der Waals surface area contributed by atoms with Crippen molar-refractivity contribution in [1.29, 1.82) is 0 Å². The summed E-state index contributed by atoms with van der Waals surface area (Å²) in [5.41, 5.74) is 1.84. The van der Waals surface area contributed by atoms with Gasteiger partial charge in [0.05, 0.1) is 0 Å². The third-order valence-corrected chi connectivity index (χ3v) is 4.93. The van der Waals surface area contributed by atoms with Gasteiger partial charge in [0.1, 0.15) is 0 Å². The number of piperidine rings is 1. The average Bonchev–Trinajstić information content (AvgIpc) is 3.01. The molecule has 0 aliphatic carbocycles. The molecule has 1 amide bonds. The van der Waals surface area contributed by atoms with Gasteiger partial charge in [0.15, 0.2) is 0 Å². The van der Waals surface area contributed by atoms with E-state index >= 15 is 0 Å². The van der Waals surface area contributed by atoms with E-state index in [-0.39, 0.29) is 5.91 Å². The van der Waals surface area contributed by atoms with Gasteiger partial charge in [0.2, 0.25) is 0 Å². The number of nitrogens with zero attached hydrogens (tertiary/aromatic N) is 2. The van der Waals surface area contributed by atoms with Crippen molar-refractivity contribution in [3.63, 3.8) is 0 Å². The van der Waals surface area contributed by atoms with Crippen LogP contribution in [0, 0.1) is 0 Å². The van der Waals surface area contributed by atoms with E-state index in [0.29, 0.717) is 6.04 Å². The van der Waals surface area contributed by atoms with Crippen molar-refractivity contribution in [2.45, 2.75) is 25.3 Å². The lowest BCUT2D eigenvalue weighted by molar-refractivity contribution is 0.0372. The Balaban J connectivity index is 1.53. The minimum absolute atomic E-state index is 0.178. The van der Waals surface area contributed by atoms with Crippen molar-refractivity contribution in [2.75, 3.05) is 26.2 Å². The molecule has 1 aromatic carbocycles. The summed E-state index contributed by atoms with van der Waals surface area (Å²) >= 11 is 0. The molecule has 2 aliphatic heterocycles. The highest BCUT2D eigenvalue weighted by Crippen LogP contribution is 2.23. The minimum atomic E-state index is 0.178. The molecule has 21 heavy (non-hydrogen) atoms. The maximum atomic E-state index is 12.7. The average molecular weight is 283 g/mol. The molecule has 2 fully saturated rings. The van der Waals surface area contributed by atoms with Crippen LogP contribution in [-0.2, 0) is 0 Å². The maximum Gasteiger partial charge on any atom is 0.254 e. The first-order valence-electron chi connectivity index (χ1n) is 7.92. The smallest absolute Gasteiger partial charge is 0.254 e. The first kappa shape index (κ1) is 12.9. The summed E-state index contributed by atoms with van der Waals surface area (Å²) in [5.74, 6) is 0.178. The Morgan fingerprint density at radius 3 is 3.05 bits per heavy atom. The van der Waals surface area contributed by atoms with Crippen LogP contribution in [0.25, 0.3) is 10.9 Å². The number of carbonyl (C=O) groups excluding carboxylic acids is 1. The van der Waals surface area contributed by atoms with E-state index in [1.807, 2.05) is 35.4 Å². The summed E-state index contributed by atoms with van der Waals surface area (Å²) < 4.78 is 0. The highest BCUT2D eigenvalue weighted by atomic mass is 16.2. The number of benzene rings is 1. The molecular weight excluding hydrogens is 262 g/mol. The molecule has 2 saturated heterocycles. The Bertz CT molecular complexity index is 663. The van der Waals surface area contributed by atoms with Crippen molar-refractivity contribution in [3.05, 3.63) is 36.0 Å². The van der Waals surface area contributed by atoms with Crippen LogP contribution in [0.2, 0.25) is 0 Å². The van der Waals surface area contributed by atoms with Crippen LogP contribution in [0.1, 0.15) is 29.6 Å². The van der Waals surface area contributed by atoms with Gasteiger partial charge in [-0.25, -0.2) is 0 Å². The second-order valence-electron chi connectivity index (χ2n) is 6.22. The van der Waals surface area contributed by atoms with Crippen molar-refractivity contribution in [2.24, 2.45) is 0 Å². The summed E-state index contributed by atoms with van der Waals surface area (Å²) in [7, 11) is 0. The van der Waals surface area contributed by atoms with E-state index in [1.54, 1.807) is 0 Å². The summed E-state index contributed by atoms with van der Waals surface area (Å²) in [6.45, 7) is 3.99. The molecule has 0 saturated carbocycles. The zero-order valence-corrected chi connectivity index (χ0v) is 12.2. The van der Waals surface area contributed by atoms with E-state index in [9.17, 15) is 4.79 Å². The highest BCUT2D eigenvalue weighted by Gasteiger charge is 2.31. The van der Waals surface area contributed by atoms with Crippen LogP contribution in [-0.4, -0.2) is 52.9 Å². The Labute approximate surface area is 124 Å². The molecule has 1 N–H and O–H groups in total. The van der Waals surface area contributed by atoms with Crippen LogP contribution in [0.3, 0.4) is 0 Å². The van der Waals surface area contributed by atoms with Gasteiger partial charge in [-0.3, -0.25) is 9.69 Å². The fourth-order valence-electron chi connectivity index (χ4n) is 3.70. The number of H-pyrrole nitrogens is 1. The van der Waals surface area contributed by atoms with Gasteiger partial charge in [-0.05, 0) is 43.0 Å². The first-order chi connectivity index (χ1) is 10.3. The van der Waals surface area contributed by atoms with Gasteiger partial charge in [-0.15, -0.1) is 0 Å². The van der Waals surface area contributed by atoms with Gasteiger partial charge in [0.25, 0.3) is 5.91 Å². The molecule has 0 bridgehead atoms. The quantitative estimate of drug-likeness (QED) is 0.873. The Kier molecular flexibility index (Phi) is 3.19. The number of aromatic nitrogens is 1. The Hall–Kier alpha value is -1.81. The third kappa shape index (κ3) is 2.33. The van der Waals surface area contributed by atoms with Gasteiger partial charge in [-0.2, -0.15) is 0 Å². The summed E-state index contributed by atoms with van der Waals surface area (Å²) in [4.78, 5) is 20.5. The molecular formula is C17H21N3O. The number of hydrogen-bond donors (Lipinski definition) is 1. The van der Waals surface area contributed by atoms with Gasteiger partial charge < -0.3 is 9.88 Å². The largest absolute Gasteiger partial charge is 0.361 e. The topological polar surface area (TPSA) is 39.3 Å². The number of nitrogens with one attached hydrogen (secondary N) is 1. The van der Waals surface area contributed by atoms with Crippen LogP contribution < -0.4 is 0 Å². The third-order valence-electron chi connectivity index (χ3n) is 4.93. The van der Waals surface area contributed by atoms with Crippen LogP contribution in [0.4, 0.5) is 0 Å². The number of rotatable bonds is 1. The summed E-state index contributed by atoms with van der Waals surface area (Å²) in [6, 6.07) is 8.56. The van der Waals surface area contributed by atoms with Crippen molar-refractivity contribution >= 4 is 16.8 Å². The summed E-state index contributed by atoms with van der Waals surface area (Å²) in [6.07, 6.45) is 5.77. The van der Waals surface area contributed by atoms with Gasteiger partial charge >= 0.3 is 0 Å². The fourth-order valence-corrected chi connectivity index (χ4v) is 3.70. The molecule has 1 unspecified atom stereocenters. The monoisotopic (exact) mass is 283 g/mol. The Morgan fingerprint density at radius 2 is 2.10 bits per heavy atom. The number of hydrogen-bond acceptors (Lipinski definition) is 2. The second-order valence-corrected chi connectivity index (χ2v) is 6.22. The lowest BCUT2D eigenvalue weighted by Crippen LogP contribution is -2.56. The normalized spacial score (nSPS) is 23.2. The molecule has 4 rings (SSSR count). The minimum Gasteiger partial charge on any atom is -0.361 e. The molecule has 3 heterocycles. The van der Waals surface area contributed by atoms with E-state index < -0.39 is 0 Å². The van der Waals surface area contributed by atoms with Crippen LogP contribution >= 0.6 is 0 Å². The molecule has 2 aliphatic rings. The molecule has 1 aromatic heterocycles. The van der Waals surface area contributed by atoms with E-state index in [2.05, 4.69) is 9.88 Å². The lowest BCUT2D eigenvalue weighted by atomic mass is 9.99. The van der Waals surface area contributed by atoms with Crippen LogP contribution in [0.15, 0.2) is 30.5 Å². The number of aromatic amines is 1. The highest BCUT2D eigenvalue weighted by molar-refractivity contribution is 5.98. The second kappa shape index (κ2) is 5.19. The standard InChI is InChI=1S/C17H21N3O/c21-17(14-5-4-13-6-7-18-16(13)11-14)20-10-9-19-8-2-1-3-15(19)12-20/h4-7,11,15,18H,1-3,8-10,12H2. The van der Waals surface area contributed by atoms with E-state index in [0.717, 1.165) is 36.1 Å². The zero-order chi connectivity index (χ0) is 14.2. The number of piperazine rings is 1. The van der Waals surface area contributed by atoms with Crippen molar-refractivity contribution in [3.8, 4) is 0 Å². The lowest BCUT2D eigenvalue weighted by Gasteiger charge is -2.44. The van der Waals surface area contributed by atoms with Crippen molar-refractivity contribution in [1.82, 2.24) is 14.8 Å². The van der Waals surface area contributed by atoms with E-state index in [4.69, 9.17) is 0 Å². The molecule has 0 spiro atoms. The predicted molar refractivity (Wildman–Crippen MR) is 83.4 cm³/mol. The molecule has 1 atom stereocenters. The van der Waals surface area contributed by atoms with Crippen molar-refractivity contribution < 1.29 is 4.79 Å². The molecule has 110 valence electrons. The molecule has 4 nitrogen and oxygen atoms in total. The number of fused-ring (bicyclic) bond motifs is 2. The summed E-state index contributed by atoms with van der Waals surface area (Å²) in [5, 5.41) is 1.16. The fraction of sp³-hybridized carbons (Fsp3) is 0.471. The Morgan fingerprint density at radius 1 is 1.14 bits per heavy atom. The predicted octanol–water partition coefficient (Wildman–Crippen LogP) is 2.48. The number of carbonyl (C=O) groups is 1.